The normalized spacial score (nSPS) is 13.9. The molecule has 10 heteroatoms. The molecule has 0 bridgehead atoms. The van der Waals surface area contributed by atoms with Crippen LogP contribution < -0.4 is 5.32 Å². The van der Waals surface area contributed by atoms with Crippen molar-refractivity contribution in [1.82, 2.24) is 5.32 Å². The number of rotatable bonds is 67. The Bertz CT molecular complexity index is 1700. The van der Waals surface area contributed by atoms with Gasteiger partial charge in [0.1, 0.15) is 19.3 Å². The molecule has 1 amide bonds. The molecule has 0 rings (SSSR count). The Hall–Kier alpha value is -2.55. The van der Waals surface area contributed by atoms with Crippen LogP contribution in [0.2, 0.25) is 0 Å². The fraction of sp³-hybridized carbons (Fsp3) is 0.816. The summed E-state index contributed by atoms with van der Waals surface area (Å²) in [5, 5.41) is 3.07. The lowest BCUT2D eigenvalue weighted by molar-refractivity contribution is -0.870. The number of unbranched alkanes of at least 4 members (excludes halogenated alkanes) is 41. The van der Waals surface area contributed by atoms with Crippen LogP contribution in [0.3, 0.4) is 0 Å². The molecule has 0 heterocycles. The zero-order valence-electron chi connectivity index (χ0n) is 57.6. The molecule has 86 heavy (non-hydrogen) atoms. The van der Waals surface area contributed by atoms with Crippen LogP contribution >= 0.6 is 7.82 Å². The first kappa shape index (κ1) is 83.5. The van der Waals surface area contributed by atoms with Gasteiger partial charge in [-0.05, 0) is 102 Å². The van der Waals surface area contributed by atoms with Gasteiger partial charge < -0.3 is 19.4 Å². The number of esters is 1. The number of allylic oxidation sites excluding steroid dienone is 11. The fourth-order valence-corrected chi connectivity index (χ4v) is 11.4. The lowest BCUT2D eigenvalue weighted by atomic mass is 10.0. The number of carbonyl (C=O) groups excluding carboxylic acids is 2. The average molecular weight is 1230 g/mol. The van der Waals surface area contributed by atoms with Gasteiger partial charge in [0.05, 0.1) is 33.8 Å². The molecule has 502 valence electrons. The van der Waals surface area contributed by atoms with Crippen LogP contribution in [0.5, 0.6) is 0 Å². The first-order valence-electron chi connectivity index (χ1n) is 36.8. The smallest absolute Gasteiger partial charge is 0.456 e. The average Bonchev–Trinajstić information content (AvgIpc) is 3.66. The first-order valence-corrected chi connectivity index (χ1v) is 38.3. The molecule has 0 saturated carbocycles. The summed E-state index contributed by atoms with van der Waals surface area (Å²) in [4.78, 5) is 37.9. The molecule has 0 radical (unpaired) electrons. The quantitative estimate of drug-likeness (QED) is 0.0205. The number of quaternary nitrogens is 1. The molecular formula is C76H142N2O7P+. The molecule has 0 spiro atoms. The number of phosphoric acid groups is 1. The maximum absolute atomic E-state index is 13.6. The number of carbonyl (C=O) groups is 2. The number of nitrogens with one attached hydrogen (secondary N) is 1. The summed E-state index contributed by atoms with van der Waals surface area (Å²) >= 11 is 0. The lowest BCUT2D eigenvalue weighted by Gasteiger charge is -2.27. The predicted octanol–water partition coefficient (Wildman–Crippen LogP) is 23.5. The highest BCUT2D eigenvalue weighted by Gasteiger charge is 2.30. The van der Waals surface area contributed by atoms with Crippen LogP contribution in [0.25, 0.3) is 0 Å². The van der Waals surface area contributed by atoms with E-state index in [1.807, 2.05) is 33.3 Å². The van der Waals surface area contributed by atoms with Crippen LogP contribution in [0.15, 0.2) is 72.9 Å². The van der Waals surface area contributed by atoms with E-state index in [4.69, 9.17) is 13.8 Å². The van der Waals surface area contributed by atoms with Crippen molar-refractivity contribution >= 4 is 19.7 Å². The highest BCUT2D eigenvalue weighted by Crippen LogP contribution is 2.43. The second-order valence-electron chi connectivity index (χ2n) is 26.1. The van der Waals surface area contributed by atoms with Crippen molar-refractivity contribution < 1.29 is 37.3 Å². The summed E-state index contributed by atoms with van der Waals surface area (Å²) in [6.07, 6.45) is 86.3. The first-order chi connectivity index (χ1) is 41.9. The van der Waals surface area contributed by atoms with Crippen molar-refractivity contribution in [1.29, 1.82) is 0 Å². The lowest BCUT2D eigenvalue weighted by Crippen LogP contribution is -2.47. The molecule has 0 fully saturated rings. The number of likely N-dealkylation sites (N-methyl/N-ethyl adjacent to an activating group) is 1. The summed E-state index contributed by atoms with van der Waals surface area (Å²) in [7, 11) is 1.49. The van der Waals surface area contributed by atoms with Gasteiger partial charge in [-0.15, -0.1) is 0 Å². The number of amides is 1. The molecular weight excluding hydrogens is 1080 g/mol. The molecule has 0 aliphatic heterocycles. The Morgan fingerprint density at radius 1 is 0.407 bits per heavy atom. The maximum Gasteiger partial charge on any atom is 0.472 e. The Balaban J connectivity index is 5.05. The van der Waals surface area contributed by atoms with Crippen molar-refractivity contribution in [3.8, 4) is 0 Å². The monoisotopic (exact) mass is 1230 g/mol. The molecule has 0 aromatic rings. The van der Waals surface area contributed by atoms with Crippen molar-refractivity contribution in [2.45, 2.75) is 360 Å². The number of ether oxygens (including phenoxy) is 1. The van der Waals surface area contributed by atoms with Gasteiger partial charge in [-0.25, -0.2) is 4.57 Å². The minimum atomic E-state index is -4.46. The van der Waals surface area contributed by atoms with Crippen LogP contribution in [0.1, 0.15) is 348 Å². The van der Waals surface area contributed by atoms with E-state index in [2.05, 4.69) is 86.8 Å². The third kappa shape index (κ3) is 65.9. The Morgan fingerprint density at radius 2 is 0.709 bits per heavy atom. The minimum Gasteiger partial charge on any atom is -0.456 e. The van der Waals surface area contributed by atoms with E-state index in [-0.39, 0.29) is 31.5 Å². The molecule has 0 aliphatic carbocycles. The SMILES string of the molecule is CCCCC/C=C\C/C=C\C/C=C\C/C=C\CCCCCCCCCC(=O)NC(COP(=O)(O)OCC[N+](C)(C)C)C(/C=C/CCCCCCCCCCCC)OC(=O)CCCCCCCCCCCCCCCCC/C=C/CCCCCCCC. The molecule has 3 unspecified atom stereocenters. The van der Waals surface area contributed by atoms with Crippen LogP contribution in [0.4, 0.5) is 0 Å². The van der Waals surface area contributed by atoms with Crippen molar-refractivity contribution in [3.05, 3.63) is 72.9 Å². The molecule has 9 nitrogen and oxygen atoms in total. The van der Waals surface area contributed by atoms with Gasteiger partial charge in [0.2, 0.25) is 5.91 Å². The minimum absolute atomic E-state index is 0.0368. The van der Waals surface area contributed by atoms with Crippen molar-refractivity contribution in [3.63, 3.8) is 0 Å². The largest absolute Gasteiger partial charge is 0.472 e. The molecule has 0 aromatic heterocycles. The fourth-order valence-electron chi connectivity index (χ4n) is 10.7. The Kier molecular flexibility index (Phi) is 63.5. The molecule has 0 aliphatic rings. The van der Waals surface area contributed by atoms with Crippen molar-refractivity contribution in [2.24, 2.45) is 0 Å². The van der Waals surface area contributed by atoms with Gasteiger partial charge in [0, 0.05) is 12.8 Å². The third-order valence-corrected chi connectivity index (χ3v) is 17.4. The Morgan fingerprint density at radius 3 is 1.09 bits per heavy atom. The summed E-state index contributed by atoms with van der Waals surface area (Å²) in [6, 6.07) is -0.857. The predicted molar refractivity (Wildman–Crippen MR) is 374 cm³/mol. The number of hydrogen-bond donors (Lipinski definition) is 2. The zero-order valence-corrected chi connectivity index (χ0v) is 58.5. The van der Waals surface area contributed by atoms with Gasteiger partial charge in [-0.1, -0.05) is 306 Å². The van der Waals surface area contributed by atoms with Gasteiger partial charge in [-0.3, -0.25) is 18.6 Å². The zero-order chi connectivity index (χ0) is 62.8. The van der Waals surface area contributed by atoms with E-state index >= 15 is 0 Å². The molecule has 0 aromatic carbocycles. The highest BCUT2D eigenvalue weighted by atomic mass is 31.2. The van der Waals surface area contributed by atoms with E-state index in [9.17, 15) is 19.0 Å². The Labute approximate surface area is 533 Å². The van der Waals surface area contributed by atoms with Crippen LogP contribution in [0, 0.1) is 0 Å². The van der Waals surface area contributed by atoms with Gasteiger partial charge in [0.25, 0.3) is 0 Å². The maximum atomic E-state index is 13.6. The van der Waals surface area contributed by atoms with E-state index in [0.29, 0.717) is 17.4 Å². The third-order valence-electron chi connectivity index (χ3n) is 16.4. The van der Waals surface area contributed by atoms with E-state index in [0.717, 1.165) is 89.9 Å². The topological polar surface area (TPSA) is 111 Å². The number of phosphoric ester groups is 1. The number of hydrogen-bond acceptors (Lipinski definition) is 6. The van der Waals surface area contributed by atoms with Gasteiger partial charge >= 0.3 is 13.8 Å². The standard InChI is InChI=1S/C76H141N2O7P/c1-7-10-13-16-19-22-25-28-30-32-34-36-38-39-41-43-45-47-49-51-54-57-60-63-66-69-76(80)85-74(67-64-61-58-55-52-27-24-21-18-15-12-9-3)73(72-84-86(81,82)83-71-70-78(4,5)6)77-75(79)68-65-62-59-56-53-50-48-46-44-42-40-37-35-33-31-29-26-23-20-17-14-11-8-2/h20,23,28-31,35,37,42,44,64,67,73-74H,7-19,21-22,24-27,32-34,36,38-41,43,45-63,65-66,68-72H2,1-6H3,(H-,77,79,81,82)/p+1/b23-20-,30-28+,31-29-,37-35-,44-42-,67-64+. The second kappa shape index (κ2) is 65.4. The molecule has 0 saturated heterocycles. The van der Waals surface area contributed by atoms with Crippen LogP contribution in [-0.4, -0.2) is 74.3 Å². The van der Waals surface area contributed by atoms with Gasteiger partial charge in [0.15, 0.2) is 0 Å². The molecule has 2 N–H and O–H groups in total. The molecule has 3 atom stereocenters. The van der Waals surface area contributed by atoms with E-state index in [1.165, 1.54) is 225 Å². The van der Waals surface area contributed by atoms with E-state index in [1.54, 1.807) is 0 Å². The summed E-state index contributed by atoms with van der Waals surface area (Å²) in [6.45, 7) is 7.01. The van der Waals surface area contributed by atoms with Gasteiger partial charge in [-0.2, -0.15) is 0 Å². The summed E-state index contributed by atoms with van der Waals surface area (Å²) in [5.41, 5.74) is 0. The van der Waals surface area contributed by atoms with E-state index < -0.39 is 20.0 Å². The second-order valence-corrected chi connectivity index (χ2v) is 27.6. The highest BCUT2D eigenvalue weighted by molar-refractivity contribution is 7.47. The van der Waals surface area contributed by atoms with Crippen LogP contribution in [-0.2, 0) is 27.9 Å². The summed E-state index contributed by atoms with van der Waals surface area (Å²) < 4.78 is 30.9. The summed E-state index contributed by atoms with van der Waals surface area (Å²) in [5.74, 6) is -0.506. The number of nitrogens with zero attached hydrogens (tertiary/aromatic N) is 1. The van der Waals surface area contributed by atoms with Crippen molar-refractivity contribution in [2.75, 3.05) is 40.9 Å².